The lowest BCUT2D eigenvalue weighted by Gasteiger charge is -2.27. The molecule has 1 saturated heterocycles. The summed E-state index contributed by atoms with van der Waals surface area (Å²) in [7, 11) is 5.84. The lowest BCUT2D eigenvalue weighted by atomic mass is 10.2. The summed E-state index contributed by atoms with van der Waals surface area (Å²) < 4.78 is 13.7. The maximum absolute atomic E-state index is 13.7. The normalized spacial score (nSPS) is 16.6. The monoisotopic (exact) mass is 340 g/mol. The van der Waals surface area contributed by atoms with Crippen molar-refractivity contribution in [3.8, 4) is 6.07 Å². The first-order valence-corrected chi connectivity index (χ1v) is 8.17. The number of benzene rings is 1. The minimum absolute atomic E-state index is 0.263. The van der Waals surface area contributed by atoms with Gasteiger partial charge in [0.25, 0.3) is 0 Å². The molecule has 0 amide bonds. The SMILES string of the molecule is CN(C)c1nccc(N(C)C2CCN(c3cc(F)cc(C#N)c3)C2)n1. The van der Waals surface area contributed by atoms with E-state index >= 15 is 0 Å². The average molecular weight is 340 g/mol. The minimum atomic E-state index is -0.378. The topological polar surface area (TPSA) is 59.3 Å². The highest BCUT2D eigenvalue weighted by Crippen LogP contribution is 2.26. The van der Waals surface area contributed by atoms with Crippen LogP contribution in [0.2, 0.25) is 0 Å². The lowest BCUT2D eigenvalue weighted by Crippen LogP contribution is -2.35. The molecule has 0 aliphatic carbocycles. The number of aromatic nitrogens is 2. The number of likely N-dealkylation sites (N-methyl/N-ethyl adjacent to an activating group) is 1. The van der Waals surface area contributed by atoms with E-state index in [1.165, 1.54) is 12.1 Å². The fraction of sp³-hybridized carbons (Fsp3) is 0.389. The molecule has 1 atom stereocenters. The number of nitriles is 1. The second-order valence-corrected chi connectivity index (χ2v) is 6.42. The summed E-state index contributed by atoms with van der Waals surface area (Å²) in [5, 5.41) is 9.03. The van der Waals surface area contributed by atoms with Crippen LogP contribution in [0.4, 0.5) is 21.8 Å². The molecular formula is C18H21FN6. The zero-order chi connectivity index (χ0) is 18.0. The fourth-order valence-electron chi connectivity index (χ4n) is 3.05. The molecule has 1 aromatic carbocycles. The van der Waals surface area contributed by atoms with Gasteiger partial charge < -0.3 is 14.7 Å². The van der Waals surface area contributed by atoms with Gasteiger partial charge in [-0.05, 0) is 30.7 Å². The van der Waals surface area contributed by atoms with Crippen LogP contribution >= 0.6 is 0 Å². The smallest absolute Gasteiger partial charge is 0.226 e. The van der Waals surface area contributed by atoms with E-state index in [4.69, 9.17) is 5.26 Å². The standard InChI is InChI=1S/C18H21FN6/c1-23(2)18-21-6-4-17(22-18)24(3)15-5-7-25(12-15)16-9-13(11-20)8-14(19)10-16/h4,6,8-10,15H,5,7,12H2,1-3H3. The second kappa shape index (κ2) is 6.93. The molecule has 2 aromatic rings. The second-order valence-electron chi connectivity index (χ2n) is 6.42. The minimum Gasteiger partial charge on any atom is -0.369 e. The van der Waals surface area contributed by atoms with E-state index in [0.717, 1.165) is 31.0 Å². The Hall–Kier alpha value is -2.88. The van der Waals surface area contributed by atoms with Crippen LogP contribution in [0.3, 0.4) is 0 Å². The van der Waals surface area contributed by atoms with Gasteiger partial charge in [-0.1, -0.05) is 0 Å². The molecule has 1 aromatic heterocycles. The van der Waals surface area contributed by atoms with Gasteiger partial charge in [0.15, 0.2) is 0 Å². The van der Waals surface area contributed by atoms with Crippen molar-refractivity contribution in [2.45, 2.75) is 12.5 Å². The summed E-state index contributed by atoms with van der Waals surface area (Å²) >= 11 is 0. The van der Waals surface area contributed by atoms with Gasteiger partial charge in [-0.3, -0.25) is 0 Å². The van der Waals surface area contributed by atoms with Crippen LogP contribution in [0.15, 0.2) is 30.5 Å². The number of rotatable bonds is 4. The third kappa shape index (κ3) is 3.63. The Morgan fingerprint density at radius 3 is 2.80 bits per heavy atom. The maximum atomic E-state index is 13.7. The van der Waals surface area contributed by atoms with Crippen LogP contribution in [0.1, 0.15) is 12.0 Å². The van der Waals surface area contributed by atoms with E-state index in [1.54, 1.807) is 12.3 Å². The molecule has 0 spiro atoms. The molecule has 130 valence electrons. The van der Waals surface area contributed by atoms with Gasteiger partial charge in [0.2, 0.25) is 5.95 Å². The Labute approximate surface area is 147 Å². The van der Waals surface area contributed by atoms with Gasteiger partial charge in [0.1, 0.15) is 11.6 Å². The predicted molar refractivity (Wildman–Crippen MR) is 96.5 cm³/mol. The molecule has 7 heteroatoms. The Balaban J connectivity index is 1.75. The van der Waals surface area contributed by atoms with Crippen LogP contribution in [-0.2, 0) is 0 Å². The van der Waals surface area contributed by atoms with Crippen molar-refractivity contribution in [2.24, 2.45) is 0 Å². The first-order valence-electron chi connectivity index (χ1n) is 8.17. The molecule has 1 unspecified atom stereocenters. The van der Waals surface area contributed by atoms with E-state index in [0.29, 0.717) is 11.5 Å². The first-order chi connectivity index (χ1) is 12.0. The Bertz CT molecular complexity index is 800. The van der Waals surface area contributed by atoms with Crippen molar-refractivity contribution < 1.29 is 4.39 Å². The first kappa shape index (κ1) is 17.0. The maximum Gasteiger partial charge on any atom is 0.226 e. The summed E-state index contributed by atoms with van der Waals surface area (Å²) in [6.07, 6.45) is 2.70. The average Bonchev–Trinajstić information content (AvgIpc) is 3.10. The summed E-state index contributed by atoms with van der Waals surface area (Å²) in [5.74, 6) is 1.16. The highest BCUT2D eigenvalue weighted by atomic mass is 19.1. The number of nitrogens with zero attached hydrogens (tertiary/aromatic N) is 6. The van der Waals surface area contributed by atoms with Gasteiger partial charge in [0, 0.05) is 52.2 Å². The molecule has 0 radical (unpaired) electrons. The third-order valence-corrected chi connectivity index (χ3v) is 4.48. The van der Waals surface area contributed by atoms with Crippen molar-refractivity contribution in [2.75, 3.05) is 48.9 Å². The van der Waals surface area contributed by atoms with E-state index in [9.17, 15) is 4.39 Å². The molecule has 25 heavy (non-hydrogen) atoms. The highest BCUT2D eigenvalue weighted by molar-refractivity contribution is 5.54. The van der Waals surface area contributed by atoms with Crippen molar-refractivity contribution in [3.63, 3.8) is 0 Å². The number of anilines is 3. The molecule has 0 saturated carbocycles. The summed E-state index contributed by atoms with van der Waals surface area (Å²) in [5.41, 5.74) is 1.10. The van der Waals surface area contributed by atoms with Crippen LogP contribution in [0.25, 0.3) is 0 Å². The molecule has 6 nitrogen and oxygen atoms in total. The number of hydrogen-bond donors (Lipinski definition) is 0. The Kier molecular flexibility index (Phi) is 4.70. The molecule has 1 aliphatic rings. The van der Waals surface area contributed by atoms with Crippen molar-refractivity contribution >= 4 is 17.5 Å². The number of hydrogen-bond acceptors (Lipinski definition) is 6. The van der Waals surface area contributed by atoms with E-state index in [2.05, 4.69) is 19.8 Å². The summed E-state index contributed by atoms with van der Waals surface area (Å²) in [6.45, 7) is 1.57. The van der Waals surface area contributed by atoms with Gasteiger partial charge in [0.05, 0.1) is 11.6 Å². The quantitative estimate of drug-likeness (QED) is 0.851. The van der Waals surface area contributed by atoms with E-state index < -0.39 is 0 Å². The van der Waals surface area contributed by atoms with Crippen molar-refractivity contribution in [3.05, 3.63) is 41.8 Å². The van der Waals surface area contributed by atoms with Gasteiger partial charge in [-0.15, -0.1) is 0 Å². The zero-order valence-corrected chi connectivity index (χ0v) is 14.6. The molecule has 1 fully saturated rings. The molecule has 0 bridgehead atoms. The van der Waals surface area contributed by atoms with E-state index in [-0.39, 0.29) is 11.9 Å². The molecule has 1 aliphatic heterocycles. The van der Waals surface area contributed by atoms with Crippen molar-refractivity contribution in [1.29, 1.82) is 5.26 Å². The molecule has 3 rings (SSSR count). The molecule has 0 N–H and O–H groups in total. The fourth-order valence-corrected chi connectivity index (χ4v) is 3.05. The summed E-state index contributed by atoms with van der Waals surface area (Å²) in [4.78, 5) is 14.9. The third-order valence-electron chi connectivity index (χ3n) is 4.48. The molecular weight excluding hydrogens is 319 g/mol. The van der Waals surface area contributed by atoms with Crippen LogP contribution < -0.4 is 14.7 Å². The lowest BCUT2D eigenvalue weighted by molar-refractivity contribution is 0.626. The summed E-state index contributed by atoms with van der Waals surface area (Å²) in [6, 6.07) is 8.64. The van der Waals surface area contributed by atoms with Crippen LogP contribution in [0, 0.1) is 17.1 Å². The Morgan fingerprint density at radius 2 is 2.08 bits per heavy atom. The molecule has 2 heterocycles. The van der Waals surface area contributed by atoms with Gasteiger partial charge in [-0.25, -0.2) is 9.37 Å². The zero-order valence-electron chi connectivity index (χ0n) is 14.6. The van der Waals surface area contributed by atoms with Crippen molar-refractivity contribution in [1.82, 2.24) is 9.97 Å². The number of halogens is 1. The highest BCUT2D eigenvalue weighted by Gasteiger charge is 2.27. The van der Waals surface area contributed by atoms with E-state index in [1.807, 2.05) is 38.2 Å². The van der Waals surface area contributed by atoms with Gasteiger partial charge >= 0.3 is 0 Å². The van der Waals surface area contributed by atoms with Gasteiger partial charge in [-0.2, -0.15) is 10.2 Å². The Morgan fingerprint density at radius 1 is 1.28 bits per heavy atom. The van der Waals surface area contributed by atoms with Crippen LogP contribution in [0.5, 0.6) is 0 Å². The van der Waals surface area contributed by atoms with Crippen LogP contribution in [-0.4, -0.2) is 50.2 Å². The largest absolute Gasteiger partial charge is 0.369 e. The predicted octanol–water partition coefficient (Wildman–Crippen LogP) is 2.27.